The smallest absolute Gasteiger partial charge is 0.230 e. The van der Waals surface area contributed by atoms with Gasteiger partial charge in [0.1, 0.15) is 21.5 Å². The predicted octanol–water partition coefficient (Wildman–Crippen LogP) is 5.43. The van der Waals surface area contributed by atoms with E-state index in [1.807, 2.05) is 48.5 Å². The Kier molecular flexibility index (Phi) is 10.6. The van der Waals surface area contributed by atoms with Gasteiger partial charge in [0.15, 0.2) is 0 Å². The molecule has 2 amide bonds. The first-order chi connectivity index (χ1) is 20.6. The van der Waals surface area contributed by atoms with Gasteiger partial charge < -0.3 is 20.1 Å². The molecular weight excluding hydrogens is 573 g/mol. The lowest BCUT2D eigenvalue weighted by molar-refractivity contribution is -0.116. The van der Waals surface area contributed by atoms with E-state index < -0.39 is 0 Å². The summed E-state index contributed by atoms with van der Waals surface area (Å²) in [4.78, 5) is 25.2. The van der Waals surface area contributed by atoms with E-state index in [4.69, 9.17) is 9.47 Å². The summed E-state index contributed by atoms with van der Waals surface area (Å²) in [5.74, 6) is 1.16. The number of carbonyl (C=O) groups is 2. The van der Waals surface area contributed by atoms with Gasteiger partial charge in [0.05, 0.1) is 26.1 Å². The zero-order chi connectivity index (χ0) is 29.0. The Balaban J connectivity index is 1.21. The second-order valence-electron chi connectivity index (χ2n) is 9.70. The van der Waals surface area contributed by atoms with Crippen LogP contribution in [0.25, 0.3) is 0 Å². The summed E-state index contributed by atoms with van der Waals surface area (Å²) < 4.78 is 11.7. The number of carbonyl (C=O) groups excluding carboxylic acids is 2. The van der Waals surface area contributed by atoms with Gasteiger partial charge in [-0.2, -0.15) is 0 Å². The lowest BCUT2D eigenvalue weighted by Gasteiger charge is -2.08. The monoisotopic (exact) mass is 604 g/mol. The maximum atomic E-state index is 12.6. The van der Waals surface area contributed by atoms with Crippen molar-refractivity contribution >= 4 is 44.8 Å². The molecular formula is C30H32N6O4S2. The number of aryl methyl sites for hydroxylation is 2. The van der Waals surface area contributed by atoms with Gasteiger partial charge in [-0.05, 0) is 61.1 Å². The van der Waals surface area contributed by atoms with E-state index in [-0.39, 0.29) is 24.7 Å². The Hall–Kier alpha value is -4.16. The highest BCUT2D eigenvalue weighted by molar-refractivity contribution is 7.15. The number of hydrogen-bond acceptors (Lipinski definition) is 10. The maximum absolute atomic E-state index is 12.6. The zero-order valence-corrected chi connectivity index (χ0v) is 24.7. The number of rotatable bonds is 0. The average Bonchev–Trinajstić information content (AvgIpc) is 3.61. The Bertz CT molecular complexity index is 1410. The van der Waals surface area contributed by atoms with Crippen molar-refractivity contribution in [3.8, 4) is 11.5 Å². The molecule has 0 radical (unpaired) electrons. The minimum atomic E-state index is -0.148. The van der Waals surface area contributed by atoms with E-state index in [1.165, 1.54) is 22.7 Å². The fourth-order valence-corrected chi connectivity index (χ4v) is 5.87. The Labute approximate surface area is 252 Å². The van der Waals surface area contributed by atoms with Gasteiger partial charge in [0.25, 0.3) is 0 Å². The fourth-order valence-electron chi connectivity index (χ4n) is 4.28. The largest absolute Gasteiger partial charge is 0.493 e. The van der Waals surface area contributed by atoms with Crippen molar-refractivity contribution in [2.75, 3.05) is 23.8 Å². The van der Waals surface area contributed by atoms with Gasteiger partial charge in [-0.1, -0.05) is 59.1 Å². The Morgan fingerprint density at radius 1 is 0.643 bits per heavy atom. The molecule has 12 heteroatoms. The third kappa shape index (κ3) is 9.45. The molecule has 0 saturated carbocycles. The molecule has 4 aromatic rings. The van der Waals surface area contributed by atoms with Gasteiger partial charge in [0, 0.05) is 12.8 Å². The summed E-state index contributed by atoms with van der Waals surface area (Å²) in [7, 11) is 0. The highest BCUT2D eigenvalue weighted by Crippen LogP contribution is 2.22. The number of hydrogen-bond donors (Lipinski definition) is 2. The van der Waals surface area contributed by atoms with Crippen molar-refractivity contribution in [2.24, 2.45) is 0 Å². The van der Waals surface area contributed by atoms with Gasteiger partial charge in [0.2, 0.25) is 22.1 Å². The van der Waals surface area contributed by atoms with Crippen LogP contribution in [0.15, 0.2) is 60.7 Å². The van der Waals surface area contributed by atoms with E-state index in [2.05, 4.69) is 43.2 Å². The van der Waals surface area contributed by atoms with Crippen molar-refractivity contribution in [3.63, 3.8) is 0 Å². The van der Waals surface area contributed by atoms with Crippen LogP contribution < -0.4 is 20.1 Å². The van der Waals surface area contributed by atoms with Gasteiger partial charge in [-0.15, -0.1) is 20.4 Å². The summed E-state index contributed by atoms with van der Waals surface area (Å²) in [6, 6.07) is 15.2. The number of fused-ring (bicyclic) bond motifs is 8. The quantitative estimate of drug-likeness (QED) is 0.255. The molecule has 3 heterocycles. The molecule has 2 N–H and O–H groups in total. The third-order valence-corrected chi connectivity index (χ3v) is 8.05. The second kappa shape index (κ2) is 15.2. The topological polar surface area (TPSA) is 128 Å². The molecule has 0 spiro atoms. The Morgan fingerprint density at radius 2 is 1.12 bits per heavy atom. The summed E-state index contributed by atoms with van der Waals surface area (Å²) in [5.41, 5.74) is 1.73. The molecule has 2 aromatic heterocycles. The summed E-state index contributed by atoms with van der Waals surface area (Å²) in [5, 5.41) is 25.1. The van der Waals surface area contributed by atoms with Gasteiger partial charge in [-0.3, -0.25) is 9.59 Å². The molecule has 42 heavy (non-hydrogen) atoms. The van der Waals surface area contributed by atoms with Crippen LogP contribution in [0.1, 0.15) is 46.8 Å². The van der Waals surface area contributed by atoms with E-state index >= 15 is 0 Å². The van der Waals surface area contributed by atoms with Crippen molar-refractivity contribution in [2.45, 2.75) is 51.4 Å². The molecule has 218 valence electrons. The van der Waals surface area contributed by atoms with E-state index in [0.717, 1.165) is 71.2 Å². The van der Waals surface area contributed by atoms with E-state index in [0.29, 0.717) is 23.5 Å². The summed E-state index contributed by atoms with van der Waals surface area (Å²) in [6.45, 7) is 1.06. The Morgan fingerprint density at radius 3 is 1.60 bits per heavy atom. The highest BCUT2D eigenvalue weighted by atomic mass is 32.1. The first kappa shape index (κ1) is 29.3. The van der Waals surface area contributed by atoms with Crippen LogP contribution in [-0.2, 0) is 35.3 Å². The average molecular weight is 605 g/mol. The number of nitrogens with one attached hydrogen (secondary N) is 2. The standard InChI is InChI=1S/C30H32N6O4S2/c37-25-19-21-9-7-11-23(17-21)39-15-5-1-2-6-16-40-24-12-8-10-22(18-24)20-26(38)32-30-36-34-28(42-30)14-4-3-13-27-33-35-29(31-25)41-27/h1-2,7-12,17-18H,3-6,13-16,19-20H2,(H,31,35,37)(H,32,36,38)/b2-1+. The minimum Gasteiger partial charge on any atom is -0.493 e. The van der Waals surface area contributed by atoms with Crippen LogP contribution in [0.3, 0.4) is 0 Å². The molecule has 2 aromatic carbocycles. The van der Waals surface area contributed by atoms with Crippen LogP contribution in [-0.4, -0.2) is 45.4 Å². The van der Waals surface area contributed by atoms with Gasteiger partial charge >= 0.3 is 0 Å². The number of amides is 2. The van der Waals surface area contributed by atoms with Crippen molar-refractivity contribution in [3.05, 3.63) is 81.8 Å². The molecule has 5 rings (SSSR count). The number of ether oxygens (including phenoxy) is 2. The third-order valence-electron chi connectivity index (χ3n) is 6.26. The number of aromatic nitrogens is 4. The molecule has 0 fully saturated rings. The molecule has 0 saturated heterocycles. The molecule has 0 aliphatic carbocycles. The second-order valence-corrected chi connectivity index (χ2v) is 11.8. The summed E-state index contributed by atoms with van der Waals surface area (Å²) in [6.07, 6.45) is 9.38. The minimum absolute atomic E-state index is 0.148. The lowest BCUT2D eigenvalue weighted by atomic mass is 10.1. The van der Waals surface area contributed by atoms with Crippen LogP contribution in [0.4, 0.5) is 10.3 Å². The first-order valence-electron chi connectivity index (χ1n) is 13.9. The van der Waals surface area contributed by atoms with Crippen molar-refractivity contribution in [1.82, 2.24) is 20.4 Å². The van der Waals surface area contributed by atoms with Crippen LogP contribution in [0, 0.1) is 0 Å². The normalized spacial score (nSPS) is 16.7. The molecule has 10 nitrogen and oxygen atoms in total. The fraction of sp³-hybridized carbons (Fsp3) is 0.333. The van der Waals surface area contributed by atoms with E-state index in [9.17, 15) is 9.59 Å². The van der Waals surface area contributed by atoms with Crippen LogP contribution >= 0.6 is 22.7 Å². The van der Waals surface area contributed by atoms with Crippen LogP contribution in [0.5, 0.6) is 11.5 Å². The SMILES string of the molecule is O=C1Cc2cccc(c2)OCC/C=C/CCOc2cccc(c2)CC(=O)Nc2nnc(s2)CCCCc2nnc(s2)N1. The maximum Gasteiger partial charge on any atom is 0.230 e. The summed E-state index contributed by atoms with van der Waals surface area (Å²) >= 11 is 2.78. The van der Waals surface area contributed by atoms with Gasteiger partial charge in [-0.25, -0.2) is 0 Å². The van der Waals surface area contributed by atoms with Crippen LogP contribution in [0.2, 0.25) is 0 Å². The van der Waals surface area contributed by atoms with Crippen molar-refractivity contribution in [1.29, 1.82) is 0 Å². The molecule has 8 bridgehead atoms. The first-order valence-corrected chi connectivity index (χ1v) is 15.6. The number of benzene rings is 2. The number of anilines is 2. The molecule has 1 aliphatic heterocycles. The zero-order valence-electron chi connectivity index (χ0n) is 23.1. The van der Waals surface area contributed by atoms with Crippen molar-refractivity contribution < 1.29 is 19.1 Å². The van der Waals surface area contributed by atoms with E-state index in [1.54, 1.807) is 0 Å². The molecule has 1 aliphatic rings. The molecule has 0 atom stereocenters. The lowest BCUT2D eigenvalue weighted by Crippen LogP contribution is -2.14. The predicted molar refractivity (Wildman–Crippen MR) is 163 cm³/mol. The highest BCUT2D eigenvalue weighted by Gasteiger charge is 2.12. The molecule has 0 unspecified atom stereocenters. The number of nitrogens with zero attached hydrogens (tertiary/aromatic N) is 4.